The molecule has 0 amide bonds. The minimum atomic E-state index is -0.447. The zero-order valence-electron chi connectivity index (χ0n) is 9.01. The summed E-state index contributed by atoms with van der Waals surface area (Å²) in [6.45, 7) is 5.30. The fourth-order valence-electron chi connectivity index (χ4n) is 1.02. The molecule has 1 atom stereocenters. The van der Waals surface area contributed by atoms with Crippen LogP contribution < -0.4 is 5.73 Å². The molecular weight excluding hydrogens is 269 g/mol. The van der Waals surface area contributed by atoms with Gasteiger partial charge in [-0.15, -0.1) is 0 Å². The molecule has 1 unspecified atom stereocenters. The molecule has 13 heavy (non-hydrogen) atoms. The molecule has 2 nitrogen and oxygen atoms in total. The maximum absolute atomic E-state index is 5.66. The average Bonchev–Trinajstić information content (AvgIpc) is 2.09. The summed E-state index contributed by atoms with van der Waals surface area (Å²) in [5, 5.41) is 0. The molecule has 3 heteroatoms. The summed E-state index contributed by atoms with van der Waals surface area (Å²) >= 11 is -0.447. The molecule has 0 saturated carbocycles. The molecule has 0 aliphatic carbocycles. The summed E-state index contributed by atoms with van der Waals surface area (Å²) in [7, 11) is 0. The Labute approximate surface area is 93.4 Å². The molecule has 0 rings (SSSR count). The van der Waals surface area contributed by atoms with E-state index in [0.717, 1.165) is 6.61 Å². The number of unbranched alkanes of at least 4 members (excludes halogenated alkanes) is 2. The van der Waals surface area contributed by atoms with Crippen LogP contribution in [0.25, 0.3) is 0 Å². The second-order valence-electron chi connectivity index (χ2n) is 3.57. The van der Waals surface area contributed by atoms with Crippen molar-refractivity contribution in [3.8, 4) is 0 Å². The summed E-state index contributed by atoms with van der Waals surface area (Å²) in [4.78, 5) is 0. The Balaban J connectivity index is 2.84. The van der Waals surface area contributed by atoms with Crippen LogP contribution in [0.2, 0.25) is 4.44 Å². The van der Waals surface area contributed by atoms with Crippen LogP contribution in [0.3, 0.4) is 0 Å². The van der Waals surface area contributed by atoms with Gasteiger partial charge < -0.3 is 0 Å². The van der Waals surface area contributed by atoms with Crippen molar-refractivity contribution in [1.82, 2.24) is 0 Å². The Kier molecular flexibility index (Phi) is 11.4. The Morgan fingerprint density at radius 3 is 2.69 bits per heavy atom. The molecule has 0 aliphatic rings. The molecule has 0 bridgehead atoms. The van der Waals surface area contributed by atoms with Crippen LogP contribution in [-0.2, 0) is 3.07 Å². The van der Waals surface area contributed by atoms with Crippen molar-refractivity contribution in [3.05, 3.63) is 0 Å². The molecule has 0 heterocycles. The first-order chi connectivity index (χ1) is 6.27. The number of hydrogen-bond donors (Lipinski definition) is 1. The van der Waals surface area contributed by atoms with Gasteiger partial charge in [0.15, 0.2) is 0 Å². The van der Waals surface area contributed by atoms with Crippen molar-refractivity contribution in [1.29, 1.82) is 0 Å². The average molecular weight is 292 g/mol. The summed E-state index contributed by atoms with van der Waals surface area (Å²) in [5.74, 6) is 0. The van der Waals surface area contributed by atoms with Gasteiger partial charge in [-0.1, -0.05) is 0 Å². The minimum absolute atomic E-state index is 0.381. The first-order valence-corrected chi connectivity index (χ1v) is 8.56. The molecule has 78 valence electrons. The van der Waals surface area contributed by atoms with Gasteiger partial charge in [-0.25, -0.2) is 0 Å². The maximum atomic E-state index is 5.66. The third kappa shape index (κ3) is 12.7. The van der Waals surface area contributed by atoms with Crippen molar-refractivity contribution >= 4 is 21.6 Å². The van der Waals surface area contributed by atoms with E-state index in [1.54, 1.807) is 0 Å². The van der Waals surface area contributed by atoms with Gasteiger partial charge in [0.05, 0.1) is 0 Å². The van der Waals surface area contributed by atoms with Gasteiger partial charge in [0.25, 0.3) is 0 Å². The second kappa shape index (κ2) is 10.8. The van der Waals surface area contributed by atoms with E-state index in [0.29, 0.717) is 6.04 Å². The summed E-state index contributed by atoms with van der Waals surface area (Å²) in [5.41, 5.74) is 5.66. The zero-order chi connectivity index (χ0) is 9.94. The van der Waals surface area contributed by atoms with Gasteiger partial charge in [0, 0.05) is 0 Å². The Bertz CT molecular complexity index is 98.9. The number of rotatable bonds is 9. The van der Waals surface area contributed by atoms with Crippen LogP contribution in [0.4, 0.5) is 0 Å². The monoisotopic (exact) mass is 293 g/mol. The number of nitrogens with two attached hydrogens (primary N) is 1. The first kappa shape index (κ1) is 13.7. The third-order valence-corrected chi connectivity index (χ3v) is 4.65. The van der Waals surface area contributed by atoms with Crippen molar-refractivity contribution in [3.63, 3.8) is 0 Å². The van der Waals surface area contributed by atoms with Gasteiger partial charge in [-0.3, -0.25) is 0 Å². The van der Waals surface area contributed by atoms with Crippen LogP contribution in [0.1, 0.15) is 46.0 Å². The van der Waals surface area contributed by atoms with Crippen LogP contribution in [0, 0.1) is 0 Å². The van der Waals surface area contributed by atoms with E-state index in [9.17, 15) is 0 Å². The summed E-state index contributed by atoms with van der Waals surface area (Å²) in [6.07, 6.45) is 6.29. The fraction of sp³-hybridized carbons (Fsp3) is 1.00. The van der Waals surface area contributed by atoms with Crippen molar-refractivity contribution in [2.45, 2.75) is 56.4 Å². The van der Waals surface area contributed by atoms with Crippen LogP contribution in [0.5, 0.6) is 0 Å². The molecular formula is C10H23NOSn. The molecule has 0 aliphatic heterocycles. The predicted octanol–water partition coefficient (Wildman–Crippen LogP) is 2.36. The van der Waals surface area contributed by atoms with E-state index >= 15 is 0 Å². The second-order valence-corrected chi connectivity index (χ2v) is 6.64. The van der Waals surface area contributed by atoms with Crippen molar-refractivity contribution in [2.24, 2.45) is 5.73 Å². The van der Waals surface area contributed by atoms with Crippen molar-refractivity contribution in [2.75, 3.05) is 6.61 Å². The van der Waals surface area contributed by atoms with Gasteiger partial charge in [0.2, 0.25) is 0 Å². The van der Waals surface area contributed by atoms with Gasteiger partial charge in [-0.2, -0.15) is 0 Å². The van der Waals surface area contributed by atoms with E-state index in [2.05, 4.69) is 13.8 Å². The topological polar surface area (TPSA) is 35.2 Å². The van der Waals surface area contributed by atoms with E-state index in [4.69, 9.17) is 8.81 Å². The molecule has 0 aromatic carbocycles. The molecule has 0 saturated heterocycles. The van der Waals surface area contributed by atoms with Crippen LogP contribution >= 0.6 is 0 Å². The summed E-state index contributed by atoms with van der Waals surface area (Å²) in [6, 6.07) is 0.381. The zero-order valence-corrected chi connectivity index (χ0v) is 11.9. The fourth-order valence-corrected chi connectivity index (χ4v) is 3.39. The van der Waals surface area contributed by atoms with Gasteiger partial charge in [-0.05, 0) is 0 Å². The predicted molar refractivity (Wildman–Crippen MR) is 58.9 cm³/mol. The molecule has 0 aromatic rings. The normalized spacial score (nSPS) is 13.2. The standard InChI is InChI=1S/C6H14N.C4H9O.Sn/c1-3-4-5-6(2)7;1-2-3-4-5;/h6H,1,3-5,7H2,2H3;2-4H2,1H3;/q;-1;+1. The molecule has 2 radical (unpaired) electrons. The summed E-state index contributed by atoms with van der Waals surface area (Å²) < 4.78 is 6.98. The van der Waals surface area contributed by atoms with Crippen LogP contribution in [0.15, 0.2) is 0 Å². The first-order valence-electron chi connectivity index (χ1n) is 5.37. The Hall–Kier alpha value is 0.719. The van der Waals surface area contributed by atoms with Crippen molar-refractivity contribution < 1.29 is 3.07 Å². The molecule has 0 aromatic heterocycles. The van der Waals surface area contributed by atoms with E-state index in [-0.39, 0.29) is 0 Å². The van der Waals surface area contributed by atoms with E-state index in [1.165, 1.54) is 36.5 Å². The van der Waals surface area contributed by atoms with E-state index in [1.807, 2.05) is 0 Å². The molecule has 0 spiro atoms. The molecule has 2 N–H and O–H groups in total. The number of hydrogen-bond acceptors (Lipinski definition) is 2. The SMILES string of the molecule is CCCC[O][Sn][CH2]CCCC(C)N. The molecule has 0 fully saturated rings. The van der Waals surface area contributed by atoms with Gasteiger partial charge in [0.1, 0.15) is 0 Å². The Morgan fingerprint density at radius 2 is 2.08 bits per heavy atom. The van der Waals surface area contributed by atoms with Crippen LogP contribution in [-0.4, -0.2) is 34.2 Å². The van der Waals surface area contributed by atoms with Gasteiger partial charge >= 0.3 is 93.4 Å². The van der Waals surface area contributed by atoms with E-state index < -0.39 is 21.6 Å². The Morgan fingerprint density at radius 1 is 1.31 bits per heavy atom. The quantitative estimate of drug-likeness (QED) is 0.523. The third-order valence-electron chi connectivity index (χ3n) is 1.89.